The molecule has 20 heavy (non-hydrogen) atoms. The fourth-order valence-corrected chi connectivity index (χ4v) is 4.52. The average molecular weight is 346 g/mol. The van der Waals surface area contributed by atoms with Gasteiger partial charge in [0, 0.05) is 15.5 Å². The fraction of sp³-hybridized carbons (Fsp3) is 0.333. The molecule has 1 heterocycles. The molecule has 0 bridgehead atoms. The van der Waals surface area contributed by atoms with Gasteiger partial charge >= 0.3 is 0 Å². The minimum Gasteiger partial charge on any atom is -0.309 e. The maximum atomic E-state index is 6.26. The molecule has 2 rings (SSSR count). The Morgan fingerprint density at radius 3 is 2.65 bits per heavy atom. The molecule has 0 aliphatic rings. The third kappa shape index (κ3) is 4.40. The van der Waals surface area contributed by atoms with Crippen LogP contribution in [0.15, 0.2) is 40.6 Å². The highest BCUT2D eigenvalue weighted by molar-refractivity contribution is 7.99. The molecule has 0 spiro atoms. The van der Waals surface area contributed by atoms with E-state index in [1.54, 1.807) is 23.1 Å². The third-order valence-electron chi connectivity index (χ3n) is 2.84. The largest absolute Gasteiger partial charge is 0.309 e. The van der Waals surface area contributed by atoms with E-state index >= 15 is 0 Å². The van der Waals surface area contributed by atoms with Crippen molar-refractivity contribution in [2.75, 3.05) is 12.3 Å². The number of halogens is 2. The van der Waals surface area contributed by atoms with Crippen LogP contribution in [0.1, 0.15) is 24.3 Å². The first kappa shape index (κ1) is 16.2. The smallest absolute Gasteiger partial charge is 0.0561 e. The van der Waals surface area contributed by atoms with Crippen LogP contribution in [0, 0.1) is 0 Å². The molecule has 1 unspecified atom stereocenters. The van der Waals surface area contributed by atoms with E-state index in [4.69, 9.17) is 23.2 Å². The summed E-state index contributed by atoms with van der Waals surface area (Å²) in [4.78, 5) is 2.32. The minimum absolute atomic E-state index is 0.267. The predicted molar refractivity (Wildman–Crippen MR) is 92.5 cm³/mol. The summed E-state index contributed by atoms with van der Waals surface area (Å²) in [5, 5.41) is 7.26. The van der Waals surface area contributed by atoms with Gasteiger partial charge in [-0.15, -0.1) is 23.1 Å². The monoisotopic (exact) mass is 345 g/mol. The molecular weight excluding hydrogens is 329 g/mol. The van der Waals surface area contributed by atoms with E-state index in [1.807, 2.05) is 29.6 Å². The standard InChI is InChI=1S/C15H17Cl2NS2/c1-2-8-18-13(15-12(17)7-9-19-15)10-20-14-6-4-3-5-11(14)16/h3-7,9,13,18H,2,8,10H2,1H3. The number of rotatable bonds is 7. The lowest BCUT2D eigenvalue weighted by Gasteiger charge is -2.17. The van der Waals surface area contributed by atoms with Crippen LogP contribution in [0.5, 0.6) is 0 Å². The van der Waals surface area contributed by atoms with Crippen LogP contribution < -0.4 is 5.32 Å². The fourth-order valence-electron chi connectivity index (χ4n) is 1.83. The van der Waals surface area contributed by atoms with Gasteiger partial charge in [-0.25, -0.2) is 0 Å². The summed E-state index contributed by atoms with van der Waals surface area (Å²) in [7, 11) is 0. The Kier molecular flexibility index (Phi) is 6.72. The highest BCUT2D eigenvalue weighted by Crippen LogP contribution is 2.34. The molecule has 0 aliphatic carbocycles. The quantitative estimate of drug-likeness (QED) is 0.628. The molecule has 2 aromatic rings. The lowest BCUT2D eigenvalue weighted by molar-refractivity contribution is 0.585. The van der Waals surface area contributed by atoms with Crippen LogP contribution >= 0.6 is 46.3 Å². The minimum atomic E-state index is 0.267. The SMILES string of the molecule is CCCNC(CSc1ccccc1Cl)c1sccc1Cl. The zero-order valence-electron chi connectivity index (χ0n) is 11.2. The topological polar surface area (TPSA) is 12.0 Å². The first-order chi connectivity index (χ1) is 9.72. The van der Waals surface area contributed by atoms with Gasteiger partial charge in [-0.05, 0) is 36.5 Å². The number of hydrogen-bond donors (Lipinski definition) is 1. The van der Waals surface area contributed by atoms with Crippen molar-refractivity contribution in [3.63, 3.8) is 0 Å². The maximum absolute atomic E-state index is 6.26. The van der Waals surface area contributed by atoms with E-state index in [0.717, 1.165) is 33.7 Å². The van der Waals surface area contributed by atoms with Gasteiger partial charge in [0.25, 0.3) is 0 Å². The summed E-state index contributed by atoms with van der Waals surface area (Å²) in [5.41, 5.74) is 0. The molecule has 0 saturated heterocycles. The second kappa shape index (κ2) is 8.30. The normalized spacial score (nSPS) is 12.6. The Hall–Kier alpha value is -0.190. The number of thiophene rings is 1. The molecule has 0 radical (unpaired) electrons. The Morgan fingerprint density at radius 2 is 2.00 bits per heavy atom. The van der Waals surface area contributed by atoms with Crippen LogP contribution in [-0.4, -0.2) is 12.3 Å². The maximum Gasteiger partial charge on any atom is 0.0561 e. The van der Waals surface area contributed by atoms with Gasteiger partial charge in [0.1, 0.15) is 0 Å². The van der Waals surface area contributed by atoms with E-state index in [-0.39, 0.29) is 6.04 Å². The van der Waals surface area contributed by atoms with E-state index in [9.17, 15) is 0 Å². The molecule has 1 nitrogen and oxygen atoms in total. The van der Waals surface area contributed by atoms with Crippen LogP contribution in [0.3, 0.4) is 0 Å². The summed E-state index contributed by atoms with van der Waals surface area (Å²) in [5.74, 6) is 0.921. The van der Waals surface area contributed by atoms with Crippen molar-refractivity contribution >= 4 is 46.3 Å². The Balaban J connectivity index is 2.05. The molecule has 1 aromatic heterocycles. The van der Waals surface area contributed by atoms with Crippen molar-refractivity contribution in [3.8, 4) is 0 Å². The van der Waals surface area contributed by atoms with Crippen LogP contribution in [-0.2, 0) is 0 Å². The van der Waals surface area contributed by atoms with Crippen LogP contribution in [0.25, 0.3) is 0 Å². The summed E-state index contributed by atoms with van der Waals surface area (Å²) < 4.78 is 0. The van der Waals surface area contributed by atoms with Crippen LogP contribution in [0.2, 0.25) is 10.0 Å². The zero-order valence-corrected chi connectivity index (χ0v) is 14.4. The molecular formula is C15H17Cl2NS2. The van der Waals surface area contributed by atoms with E-state index in [0.29, 0.717) is 0 Å². The van der Waals surface area contributed by atoms with Gasteiger partial charge < -0.3 is 5.32 Å². The van der Waals surface area contributed by atoms with Gasteiger partial charge in [-0.1, -0.05) is 42.3 Å². The lowest BCUT2D eigenvalue weighted by Crippen LogP contribution is -2.23. The molecule has 0 fully saturated rings. The van der Waals surface area contributed by atoms with Gasteiger partial charge in [0.05, 0.1) is 16.1 Å². The Bertz CT molecular complexity index is 542. The molecule has 0 amide bonds. The molecule has 1 aromatic carbocycles. The molecule has 0 aliphatic heterocycles. The molecule has 108 valence electrons. The summed E-state index contributed by atoms with van der Waals surface area (Å²) in [6, 6.07) is 10.2. The Morgan fingerprint density at radius 1 is 1.20 bits per heavy atom. The highest BCUT2D eigenvalue weighted by atomic mass is 35.5. The van der Waals surface area contributed by atoms with Crippen molar-refractivity contribution in [2.24, 2.45) is 0 Å². The summed E-state index contributed by atoms with van der Waals surface area (Å²) in [6.07, 6.45) is 1.11. The first-order valence-corrected chi connectivity index (χ1v) is 9.18. The van der Waals surface area contributed by atoms with Crippen molar-refractivity contribution in [2.45, 2.75) is 24.3 Å². The second-order valence-electron chi connectivity index (χ2n) is 4.38. The van der Waals surface area contributed by atoms with E-state index in [1.165, 1.54) is 4.88 Å². The first-order valence-electron chi connectivity index (χ1n) is 6.56. The number of hydrogen-bond acceptors (Lipinski definition) is 3. The summed E-state index contributed by atoms with van der Waals surface area (Å²) in [6.45, 7) is 3.16. The van der Waals surface area contributed by atoms with Crippen molar-refractivity contribution in [3.05, 3.63) is 50.6 Å². The van der Waals surface area contributed by atoms with Crippen molar-refractivity contribution in [1.82, 2.24) is 5.32 Å². The van der Waals surface area contributed by atoms with E-state index in [2.05, 4.69) is 18.3 Å². The predicted octanol–water partition coefficient (Wildman–Crippen LogP) is 5.89. The second-order valence-corrected chi connectivity index (χ2v) is 7.20. The van der Waals surface area contributed by atoms with Crippen LogP contribution in [0.4, 0.5) is 0 Å². The highest BCUT2D eigenvalue weighted by Gasteiger charge is 2.16. The molecule has 1 N–H and O–H groups in total. The third-order valence-corrected chi connectivity index (χ3v) is 5.92. The van der Waals surface area contributed by atoms with Crippen molar-refractivity contribution in [1.29, 1.82) is 0 Å². The van der Waals surface area contributed by atoms with Crippen molar-refractivity contribution < 1.29 is 0 Å². The summed E-state index contributed by atoms with van der Waals surface area (Å²) >= 11 is 15.9. The van der Waals surface area contributed by atoms with Gasteiger partial charge in [-0.2, -0.15) is 0 Å². The number of nitrogens with one attached hydrogen (secondary N) is 1. The van der Waals surface area contributed by atoms with Gasteiger partial charge in [0.2, 0.25) is 0 Å². The van der Waals surface area contributed by atoms with Gasteiger partial charge in [-0.3, -0.25) is 0 Å². The molecule has 1 atom stereocenters. The average Bonchev–Trinajstić information content (AvgIpc) is 2.87. The molecule has 5 heteroatoms. The molecule has 0 saturated carbocycles. The number of thioether (sulfide) groups is 1. The zero-order chi connectivity index (χ0) is 14.4. The van der Waals surface area contributed by atoms with Gasteiger partial charge in [0.15, 0.2) is 0 Å². The number of benzene rings is 1. The lowest BCUT2D eigenvalue weighted by atomic mass is 10.2. The van der Waals surface area contributed by atoms with E-state index < -0.39 is 0 Å². The Labute approximate surface area is 138 Å².